The summed E-state index contributed by atoms with van der Waals surface area (Å²) in [5, 5.41) is 6.53. The Hall–Kier alpha value is -2.14. The number of anilines is 2. The molecule has 0 saturated carbocycles. The summed E-state index contributed by atoms with van der Waals surface area (Å²) in [7, 11) is 0. The van der Waals surface area contributed by atoms with Gasteiger partial charge in [0.1, 0.15) is 5.69 Å². The number of nitrogens with one attached hydrogen (secondary N) is 2. The second-order valence-corrected chi connectivity index (χ2v) is 5.34. The van der Waals surface area contributed by atoms with Crippen LogP contribution >= 0.6 is 11.6 Å². The first-order valence-electron chi connectivity index (χ1n) is 6.63. The monoisotopic (exact) mass is 304 g/mol. The number of halogens is 1. The van der Waals surface area contributed by atoms with Crippen LogP contribution < -0.4 is 10.6 Å². The van der Waals surface area contributed by atoms with Gasteiger partial charge in [-0.15, -0.1) is 0 Å². The van der Waals surface area contributed by atoms with E-state index in [0.717, 1.165) is 11.3 Å². The van der Waals surface area contributed by atoms with Gasteiger partial charge >= 0.3 is 0 Å². The van der Waals surface area contributed by atoms with Crippen molar-refractivity contribution < 1.29 is 4.79 Å². The average Bonchev–Trinajstić information content (AvgIpc) is 2.43. The molecule has 2 aromatic rings. The Balaban J connectivity index is 2.22. The minimum Gasteiger partial charge on any atom is -0.349 e. The van der Waals surface area contributed by atoms with Gasteiger partial charge in [-0.25, -0.2) is 9.97 Å². The Morgan fingerprint density at radius 2 is 2.05 bits per heavy atom. The zero-order valence-electron chi connectivity index (χ0n) is 12.1. The van der Waals surface area contributed by atoms with Crippen molar-refractivity contribution in [3.63, 3.8) is 0 Å². The van der Waals surface area contributed by atoms with Crippen LogP contribution in [0.4, 0.5) is 11.6 Å². The molecule has 1 heterocycles. The Bertz CT molecular complexity index is 658. The molecule has 5 nitrogen and oxygen atoms in total. The predicted octanol–water partition coefficient (Wildman–Crippen LogP) is 3.32. The number of amides is 1. The molecule has 0 radical (unpaired) electrons. The minimum absolute atomic E-state index is 0.0547. The van der Waals surface area contributed by atoms with Crippen molar-refractivity contribution in [2.45, 2.75) is 26.8 Å². The third-order valence-electron chi connectivity index (χ3n) is 2.82. The zero-order chi connectivity index (χ0) is 15.4. The van der Waals surface area contributed by atoms with Crippen LogP contribution in [-0.2, 0) is 0 Å². The lowest BCUT2D eigenvalue weighted by Gasteiger charge is -2.11. The molecule has 6 heteroatoms. The number of nitrogens with zero attached hydrogens (tertiary/aromatic N) is 2. The SMILES string of the molecule is Cc1c(Cl)cccc1Nc1nccc(C(=O)NC(C)C)n1. The maximum atomic E-state index is 11.9. The zero-order valence-corrected chi connectivity index (χ0v) is 12.9. The van der Waals surface area contributed by atoms with E-state index in [-0.39, 0.29) is 11.9 Å². The summed E-state index contributed by atoms with van der Waals surface area (Å²) in [4.78, 5) is 20.3. The first-order valence-corrected chi connectivity index (χ1v) is 7.01. The van der Waals surface area contributed by atoms with Gasteiger partial charge in [-0.05, 0) is 44.5 Å². The molecule has 0 unspecified atom stereocenters. The van der Waals surface area contributed by atoms with E-state index in [0.29, 0.717) is 16.7 Å². The van der Waals surface area contributed by atoms with Crippen molar-refractivity contribution in [1.82, 2.24) is 15.3 Å². The molecule has 21 heavy (non-hydrogen) atoms. The molecule has 0 fully saturated rings. The Morgan fingerprint density at radius 3 is 2.76 bits per heavy atom. The lowest BCUT2D eigenvalue weighted by Crippen LogP contribution is -2.30. The molecule has 0 aliphatic heterocycles. The van der Waals surface area contributed by atoms with Crippen LogP contribution in [0.5, 0.6) is 0 Å². The molecule has 0 atom stereocenters. The molecule has 2 N–H and O–H groups in total. The fourth-order valence-electron chi connectivity index (χ4n) is 1.74. The van der Waals surface area contributed by atoms with E-state index in [1.807, 2.05) is 39.0 Å². The normalized spacial score (nSPS) is 10.5. The topological polar surface area (TPSA) is 66.9 Å². The highest BCUT2D eigenvalue weighted by Gasteiger charge is 2.10. The number of hydrogen-bond donors (Lipinski definition) is 2. The number of carbonyl (C=O) groups excluding carboxylic acids is 1. The molecule has 1 amide bonds. The van der Waals surface area contributed by atoms with Crippen LogP contribution in [0.2, 0.25) is 5.02 Å². The quantitative estimate of drug-likeness (QED) is 0.909. The van der Waals surface area contributed by atoms with Crippen LogP contribution in [0.25, 0.3) is 0 Å². The molecule has 1 aromatic carbocycles. The summed E-state index contributed by atoms with van der Waals surface area (Å²) >= 11 is 6.07. The number of aromatic nitrogens is 2. The summed E-state index contributed by atoms with van der Waals surface area (Å²) in [5.74, 6) is 0.134. The van der Waals surface area contributed by atoms with Crippen molar-refractivity contribution in [2.24, 2.45) is 0 Å². The van der Waals surface area contributed by atoms with E-state index in [1.54, 1.807) is 12.3 Å². The third kappa shape index (κ3) is 3.92. The Morgan fingerprint density at radius 1 is 1.29 bits per heavy atom. The second kappa shape index (κ2) is 6.54. The van der Waals surface area contributed by atoms with E-state index in [2.05, 4.69) is 20.6 Å². The fourth-order valence-corrected chi connectivity index (χ4v) is 1.92. The van der Waals surface area contributed by atoms with E-state index in [1.165, 1.54) is 0 Å². The van der Waals surface area contributed by atoms with Crippen LogP contribution in [-0.4, -0.2) is 21.9 Å². The van der Waals surface area contributed by atoms with Crippen LogP contribution in [0, 0.1) is 6.92 Å². The highest BCUT2D eigenvalue weighted by atomic mass is 35.5. The van der Waals surface area contributed by atoms with Crippen molar-refractivity contribution in [3.05, 3.63) is 46.7 Å². The van der Waals surface area contributed by atoms with Crippen LogP contribution in [0.3, 0.4) is 0 Å². The van der Waals surface area contributed by atoms with E-state index < -0.39 is 0 Å². The summed E-state index contributed by atoms with van der Waals surface area (Å²) in [6.45, 7) is 5.70. The van der Waals surface area contributed by atoms with Crippen LogP contribution in [0.15, 0.2) is 30.5 Å². The number of benzene rings is 1. The molecule has 0 spiro atoms. The van der Waals surface area contributed by atoms with Gasteiger partial charge in [0.2, 0.25) is 5.95 Å². The smallest absolute Gasteiger partial charge is 0.270 e. The van der Waals surface area contributed by atoms with Crippen molar-refractivity contribution in [2.75, 3.05) is 5.32 Å². The summed E-state index contributed by atoms with van der Waals surface area (Å²) < 4.78 is 0. The molecule has 0 aliphatic rings. The molecular weight excluding hydrogens is 288 g/mol. The summed E-state index contributed by atoms with van der Waals surface area (Å²) in [6.07, 6.45) is 1.55. The number of carbonyl (C=O) groups is 1. The summed E-state index contributed by atoms with van der Waals surface area (Å²) in [5.41, 5.74) is 2.03. The van der Waals surface area contributed by atoms with Crippen LogP contribution in [0.1, 0.15) is 29.9 Å². The predicted molar refractivity (Wildman–Crippen MR) is 84.1 cm³/mol. The van der Waals surface area contributed by atoms with Gasteiger partial charge in [0.15, 0.2) is 0 Å². The van der Waals surface area contributed by atoms with E-state index >= 15 is 0 Å². The van der Waals surface area contributed by atoms with Gasteiger partial charge in [-0.1, -0.05) is 17.7 Å². The maximum Gasteiger partial charge on any atom is 0.270 e. The molecular formula is C15H17ClN4O. The molecule has 110 valence electrons. The molecule has 1 aromatic heterocycles. The molecule has 0 bridgehead atoms. The standard InChI is InChI=1S/C15H17ClN4O/c1-9(2)18-14(21)13-7-8-17-15(20-13)19-12-6-4-5-11(16)10(12)3/h4-9H,1-3H3,(H,18,21)(H,17,19,20). The first-order chi connectivity index (χ1) is 9.97. The van der Waals surface area contributed by atoms with Crippen molar-refractivity contribution in [1.29, 1.82) is 0 Å². The van der Waals surface area contributed by atoms with Gasteiger partial charge in [-0.3, -0.25) is 4.79 Å². The minimum atomic E-state index is -0.224. The fraction of sp³-hybridized carbons (Fsp3) is 0.267. The summed E-state index contributed by atoms with van der Waals surface area (Å²) in [6, 6.07) is 7.17. The van der Waals surface area contributed by atoms with E-state index in [4.69, 9.17) is 11.6 Å². The van der Waals surface area contributed by atoms with Crippen molar-refractivity contribution >= 4 is 29.1 Å². The average molecular weight is 305 g/mol. The van der Waals surface area contributed by atoms with Gasteiger partial charge in [0, 0.05) is 22.9 Å². The molecule has 2 rings (SSSR count). The highest BCUT2D eigenvalue weighted by Crippen LogP contribution is 2.24. The number of hydrogen-bond acceptors (Lipinski definition) is 4. The van der Waals surface area contributed by atoms with Gasteiger partial charge in [0.25, 0.3) is 5.91 Å². The first kappa shape index (κ1) is 15.3. The van der Waals surface area contributed by atoms with Gasteiger partial charge in [0.05, 0.1) is 0 Å². The Labute approximate surface area is 128 Å². The Kier molecular flexibility index (Phi) is 4.75. The van der Waals surface area contributed by atoms with Gasteiger partial charge < -0.3 is 10.6 Å². The lowest BCUT2D eigenvalue weighted by molar-refractivity contribution is 0.0938. The lowest BCUT2D eigenvalue weighted by atomic mass is 10.2. The maximum absolute atomic E-state index is 11.9. The molecule has 0 aliphatic carbocycles. The van der Waals surface area contributed by atoms with Gasteiger partial charge in [-0.2, -0.15) is 0 Å². The highest BCUT2D eigenvalue weighted by molar-refractivity contribution is 6.31. The second-order valence-electron chi connectivity index (χ2n) is 4.93. The third-order valence-corrected chi connectivity index (χ3v) is 3.23. The van der Waals surface area contributed by atoms with E-state index in [9.17, 15) is 4.79 Å². The largest absolute Gasteiger partial charge is 0.349 e. The van der Waals surface area contributed by atoms with Crippen molar-refractivity contribution in [3.8, 4) is 0 Å². The number of rotatable bonds is 4. The molecule has 0 saturated heterocycles.